The normalized spacial score (nSPS) is 12.3. The van der Waals surface area contributed by atoms with Crippen molar-refractivity contribution in [2.45, 2.75) is 17.7 Å². The highest BCUT2D eigenvalue weighted by Gasteiger charge is 2.04. The van der Waals surface area contributed by atoms with Crippen LogP contribution in [-0.2, 0) is 0 Å². The second kappa shape index (κ2) is 5.76. The zero-order valence-electron chi connectivity index (χ0n) is 9.47. The first-order valence-electron chi connectivity index (χ1n) is 5.59. The number of hydrogen-bond donors (Lipinski definition) is 0. The topological polar surface area (TPSA) is 0 Å². The molecule has 0 nitrogen and oxygen atoms in total. The molecule has 0 saturated carbocycles. The zero-order valence-corrected chi connectivity index (χ0v) is 10.3. The van der Waals surface area contributed by atoms with E-state index >= 15 is 0 Å². The molecule has 0 radical (unpaired) electrons. The van der Waals surface area contributed by atoms with Crippen molar-refractivity contribution >= 4 is 11.8 Å². The van der Waals surface area contributed by atoms with E-state index in [0.717, 1.165) is 5.75 Å². The maximum absolute atomic E-state index is 2.28. The van der Waals surface area contributed by atoms with Crippen molar-refractivity contribution < 1.29 is 0 Å². The molecular weight excluding hydrogens is 212 g/mol. The van der Waals surface area contributed by atoms with Gasteiger partial charge in [0.15, 0.2) is 0 Å². The maximum Gasteiger partial charge on any atom is 0.00721 e. The van der Waals surface area contributed by atoms with E-state index in [-0.39, 0.29) is 0 Å². The third-order valence-corrected chi connectivity index (χ3v) is 3.88. The van der Waals surface area contributed by atoms with Gasteiger partial charge in [-0.3, -0.25) is 0 Å². The van der Waals surface area contributed by atoms with E-state index in [4.69, 9.17) is 0 Å². The molecule has 0 amide bonds. The van der Waals surface area contributed by atoms with Crippen molar-refractivity contribution in [3.8, 4) is 0 Å². The van der Waals surface area contributed by atoms with Crippen LogP contribution in [0.1, 0.15) is 18.4 Å². The molecule has 0 fully saturated rings. The molecular formula is C15H16S. The van der Waals surface area contributed by atoms with Gasteiger partial charge in [-0.25, -0.2) is 0 Å². The Bertz CT molecular complexity index is 408. The summed E-state index contributed by atoms with van der Waals surface area (Å²) in [5, 5.41) is 0. The van der Waals surface area contributed by atoms with Crippen LogP contribution in [0.3, 0.4) is 0 Å². The van der Waals surface area contributed by atoms with E-state index in [1.807, 2.05) is 11.8 Å². The van der Waals surface area contributed by atoms with Gasteiger partial charge in [-0.1, -0.05) is 55.5 Å². The standard InChI is InChI=1S/C15H16S/c1-13(14-8-4-2-5-9-14)12-16-15-10-6-3-7-11-15/h2-11,13H,12H2,1H3. The first-order chi connectivity index (χ1) is 7.86. The number of thioether (sulfide) groups is 1. The van der Waals surface area contributed by atoms with Crippen LogP contribution in [0.5, 0.6) is 0 Å². The Hall–Kier alpha value is -1.21. The maximum atomic E-state index is 2.28. The summed E-state index contributed by atoms with van der Waals surface area (Å²) in [6.07, 6.45) is 0. The van der Waals surface area contributed by atoms with Crippen LogP contribution in [0.4, 0.5) is 0 Å². The molecule has 2 aromatic carbocycles. The number of rotatable bonds is 4. The van der Waals surface area contributed by atoms with Crippen molar-refractivity contribution in [3.05, 3.63) is 66.2 Å². The molecule has 0 aliphatic rings. The second-order valence-corrected chi connectivity index (χ2v) is 5.03. The van der Waals surface area contributed by atoms with Gasteiger partial charge in [-0.05, 0) is 23.6 Å². The Morgan fingerprint density at radius 1 is 0.875 bits per heavy atom. The van der Waals surface area contributed by atoms with Crippen LogP contribution in [0.15, 0.2) is 65.6 Å². The SMILES string of the molecule is CC(CSc1ccccc1)c1ccccc1. The summed E-state index contributed by atoms with van der Waals surface area (Å²) in [4.78, 5) is 1.35. The van der Waals surface area contributed by atoms with Crippen molar-refractivity contribution in [2.24, 2.45) is 0 Å². The van der Waals surface area contributed by atoms with Gasteiger partial charge < -0.3 is 0 Å². The fraction of sp³-hybridized carbons (Fsp3) is 0.200. The zero-order chi connectivity index (χ0) is 11.2. The van der Waals surface area contributed by atoms with Gasteiger partial charge in [0.2, 0.25) is 0 Å². The van der Waals surface area contributed by atoms with Crippen LogP contribution < -0.4 is 0 Å². The quantitative estimate of drug-likeness (QED) is 0.690. The lowest BCUT2D eigenvalue weighted by Crippen LogP contribution is -1.95. The smallest absolute Gasteiger partial charge is 0.00721 e. The first kappa shape index (κ1) is 11.3. The summed E-state index contributed by atoms with van der Waals surface area (Å²) in [7, 11) is 0. The summed E-state index contributed by atoms with van der Waals surface area (Å²) in [5.41, 5.74) is 1.42. The molecule has 0 spiro atoms. The molecule has 1 unspecified atom stereocenters. The van der Waals surface area contributed by atoms with Crippen molar-refractivity contribution in [3.63, 3.8) is 0 Å². The highest BCUT2D eigenvalue weighted by atomic mass is 32.2. The molecule has 1 atom stereocenters. The van der Waals surface area contributed by atoms with Crippen LogP contribution in [0.2, 0.25) is 0 Å². The molecule has 0 aliphatic heterocycles. The lowest BCUT2D eigenvalue weighted by atomic mass is 10.0. The van der Waals surface area contributed by atoms with Gasteiger partial charge in [-0.15, -0.1) is 11.8 Å². The van der Waals surface area contributed by atoms with E-state index in [2.05, 4.69) is 67.6 Å². The molecule has 1 heteroatoms. The highest BCUT2D eigenvalue weighted by Crippen LogP contribution is 2.25. The van der Waals surface area contributed by atoms with Gasteiger partial charge in [0.25, 0.3) is 0 Å². The molecule has 16 heavy (non-hydrogen) atoms. The minimum atomic E-state index is 0.603. The predicted molar refractivity (Wildman–Crippen MR) is 72.0 cm³/mol. The fourth-order valence-corrected chi connectivity index (χ4v) is 2.60. The van der Waals surface area contributed by atoms with Crippen LogP contribution in [-0.4, -0.2) is 5.75 Å². The van der Waals surface area contributed by atoms with Crippen LogP contribution in [0, 0.1) is 0 Å². The number of hydrogen-bond acceptors (Lipinski definition) is 1. The van der Waals surface area contributed by atoms with Crippen molar-refractivity contribution in [1.82, 2.24) is 0 Å². The predicted octanol–water partition coefficient (Wildman–Crippen LogP) is 4.58. The molecule has 0 N–H and O–H groups in total. The summed E-state index contributed by atoms with van der Waals surface area (Å²) in [6.45, 7) is 2.28. The lowest BCUT2D eigenvalue weighted by molar-refractivity contribution is 0.880. The molecule has 0 heterocycles. The Morgan fingerprint density at radius 2 is 1.44 bits per heavy atom. The highest BCUT2D eigenvalue weighted by molar-refractivity contribution is 7.99. The molecule has 0 aromatic heterocycles. The molecule has 2 aromatic rings. The van der Waals surface area contributed by atoms with Crippen LogP contribution in [0.25, 0.3) is 0 Å². The summed E-state index contributed by atoms with van der Waals surface area (Å²) >= 11 is 1.92. The third-order valence-electron chi connectivity index (χ3n) is 2.61. The van der Waals surface area contributed by atoms with E-state index in [1.165, 1.54) is 10.5 Å². The molecule has 0 bridgehead atoms. The average molecular weight is 228 g/mol. The largest absolute Gasteiger partial charge is 0.126 e. The number of benzene rings is 2. The summed E-state index contributed by atoms with van der Waals surface area (Å²) < 4.78 is 0. The minimum Gasteiger partial charge on any atom is -0.126 e. The van der Waals surface area contributed by atoms with Crippen molar-refractivity contribution in [1.29, 1.82) is 0 Å². The Labute approximate surface area is 102 Å². The Balaban J connectivity index is 1.92. The van der Waals surface area contributed by atoms with Gasteiger partial charge in [0, 0.05) is 10.6 Å². The van der Waals surface area contributed by atoms with Gasteiger partial charge in [0.1, 0.15) is 0 Å². The minimum absolute atomic E-state index is 0.603. The first-order valence-corrected chi connectivity index (χ1v) is 6.57. The molecule has 2 rings (SSSR count). The lowest BCUT2D eigenvalue weighted by Gasteiger charge is -2.11. The second-order valence-electron chi connectivity index (χ2n) is 3.94. The Morgan fingerprint density at radius 3 is 2.06 bits per heavy atom. The molecule has 0 aliphatic carbocycles. The van der Waals surface area contributed by atoms with Gasteiger partial charge in [-0.2, -0.15) is 0 Å². The summed E-state index contributed by atoms with van der Waals surface area (Å²) in [5.74, 6) is 1.74. The van der Waals surface area contributed by atoms with E-state index < -0.39 is 0 Å². The molecule has 82 valence electrons. The third kappa shape index (κ3) is 3.14. The monoisotopic (exact) mass is 228 g/mol. The van der Waals surface area contributed by atoms with Crippen molar-refractivity contribution in [2.75, 3.05) is 5.75 Å². The fourth-order valence-electron chi connectivity index (χ4n) is 1.62. The average Bonchev–Trinajstić information content (AvgIpc) is 2.38. The van der Waals surface area contributed by atoms with Gasteiger partial charge in [0.05, 0.1) is 0 Å². The van der Waals surface area contributed by atoms with Gasteiger partial charge >= 0.3 is 0 Å². The Kier molecular flexibility index (Phi) is 4.06. The van der Waals surface area contributed by atoms with E-state index in [1.54, 1.807) is 0 Å². The van der Waals surface area contributed by atoms with E-state index in [9.17, 15) is 0 Å². The van der Waals surface area contributed by atoms with E-state index in [0.29, 0.717) is 5.92 Å². The molecule has 0 saturated heterocycles. The summed E-state index contributed by atoms with van der Waals surface area (Å²) in [6, 6.07) is 21.3. The van der Waals surface area contributed by atoms with Crippen LogP contribution >= 0.6 is 11.8 Å².